The zero-order valence-corrected chi connectivity index (χ0v) is 16.1. The van der Waals surface area contributed by atoms with E-state index in [1.54, 1.807) is 12.4 Å². The Hall–Kier alpha value is -2.14. The molecule has 1 aliphatic carbocycles. The molecule has 4 rings (SSSR count). The van der Waals surface area contributed by atoms with Crippen LogP contribution in [0.3, 0.4) is 0 Å². The number of hydrogen-bond donors (Lipinski definition) is 1. The van der Waals surface area contributed by atoms with Gasteiger partial charge in [0.1, 0.15) is 5.82 Å². The highest BCUT2D eigenvalue weighted by molar-refractivity contribution is 5.46. The van der Waals surface area contributed by atoms with Gasteiger partial charge >= 0.3 is 0 Å². The summed E-state index contributed by atoms with van der Waals surface area (Å²) >= 11 is 0. The van der Waals surface area contributed by atoms with Gasteiger partial charge in [-0.25, -0.2) is 4.98 Å². The van der Waals surface area contributed by atoms with Crippen molar-refractivity contribution < 1.29 is 0 Å². The standard InChI is InChI=1S/C22H31N5/c1-2-4-21(5-3-1)27-16-14-26(15-17-27)13-10-19-6-8-20(9-7-19)25-22-18-23-11-12-24-22/h1-5,11-12,18-20H,6-10,13-17H2,(H,24,25)/t19-,20-. The SMILES string of the molecule is c1ccc(N2CCN(CC[C@H]3CC[C@H](Nc4cnccn4)CC3)CC2)cc1. The van der Waals surface area contributed by atoms with Crippen LogP contribution in [-0.4, -0.2) is 53.6 Å². The minimum absolute atomic E-state index is 0.562. The maximum absolute atomic E-state index is 4.33. The summed E-state index contributed by atoms with van der Waals surface area (Å²) in [5.74, 6) is 1.80. The smallest absolute Gasteiger partial charge is 0.144 e. The Kier molecular flexibility index (Phi) is 6.20. The summed E-state index contributed by atoms with van der Waals surface area (Å²) in [4.78, 5) is 13.6. The zero-order valence-electron chi connectivity index (χ0n) is 16.1. The van der Waals surface area contributed by atoms with Crippen LogP contribution in [-0.2, 0) is 0 Å². The van der Waals surface area contributed by atoms with Crippen LogP contribution < -0.4 is 10.2 Å². The number of piperazine rings is 1. The highest BCUT2D eigenvalue weighted by atomic mass is 15.3. The predicted molar refractivity (Wildman–Crippen MR) is 111 cm³/mol. The minimum atomic E-state index is 0.562. The second-order valence-electron chi connectivity index (χ2n) is 7.91. The molecule has 0 amide bonds. The fraction of sp³-hybridized carbons (Fsp3) is 0.545. The lowest BCUT2D eigenvalue weighted by Crippen LogP contribution is -2.47. The maximum Gasteiger partial charge on any atom is 0.144 e. The van der Waals surface area contributed by atoms with Crippen molar-refractivity contribution >= 4 is 11.5 Å². The molecule has 1 saturated carbocycles. The molecule has 27 heavy (non-hydrogen) atoms. The van der Waals surface area contributed by atoms with E-state index in [9.17, 15) is 0 Å². The van der Waals surface area contributed by atoms with Gasteiger partial charge in [0, 0.05) is 50.3 Å². The van der Waals surface area contributed by atoms with E-state index in [4.69, 9.17) is 0 Å². The molecular formula is C22H31N5. The summed E-state index contributed by atoms with van der Waals surface area (Å²) in [6.45, 7) is 5.95. The van der Waals surface area contributed by atoms with E-state index in [-0.39, 0.29) is 0 Å². The van der Waals surface area contributed by atoms with Crippen molar-refractivity contribution in [2.24, 2.45) is 5.92 Å². The van der Waals surface area contributed by atoms with Crippen LogP contribution in [0.15, 0.2) is 48.9 Å². The van der Waals surface area contributed by atoms with E-state index in [1.807, 2.05) is 6.20 Å². The van der Waals surface area contributed by atoms with Gasteiger partial charge in [-0.1, -0.05) is 18.2 Å². The summed E-state index contributed by atoms with van der Waals surface area (Å²) in [5.41, 5.74) is 1.37. The number of rotatable bonds is 6. The molecule has 1 aliphatic heterocycles. The van der Waals surface area contributed by atoms with Crippen LogP contribution in [0, 0.1) is 5.92 Å². The van der Waals surface area contributed by atoms with E-state index in [0.29, 0.717) is 6.04 Å². The molecule has 0 unspecified atom stereocenters. The first-order chi connectivity index (χ1) is 13.4. The van der Waals surface area contributed by atoms with Gasteiger partial charge in [-0.15, -0.1) is 0 Å². The predicted octanol–water partition coefficient (Wildman–Crippen LogP) is 3.66. The third kappa shape index (κ3) is 5.19. The van der Waals surface area contributed by atoms with Gasteiger partial charge in [0.2, 0.25) is 0 Å². The molecule has 1 aromatic heterocycles. The van der Waals surface area contributed by atoms with E-state index >= 15 is 0 Å². The van der Waals surface area contributed by atoms with Gasteiger partial charge in [-0.2, -0.15) is 0 Å². The van der Waals surface area contributed by atoms with Crippen molar-refractivity contribution in [1.29, 1.82) is 0 Å². The molecule has 2 aliphatic rings. The third-order valence-electron chi connectivity index (χ3n) is 6.11. The molecule has 1 saturated heterocycles. The highest BCUT2D eigenvalue weighted by Gasteiger charge is 2.23. The Morgan fingerprint density at radius 3 is 2.41 bits per heavy atom. The fourth-order valence-electron chi connectivity index (χ4n) is 4.41. The number of aromatic nitrogens is 2. The quantitative estimate of drug-likeness (QED) is 0.846. The molecule has 5 nitrogen and oxygen atoms in total. The van der Waals surface area contributed by atoms with Crippen LogP contribution in [0.1, 0.15) is 32.1 Å². The monoisotopic (exact) mass is 365 g/mol. The Labute approximate surface area is 162 Å². The lowest BCUT2D eigenvalue weighted by Gasteiger charge is -2.37. The number of nitrogens with zero attached hydrogens (tertiary/aromatic N) is 4. The molecule has 0 spiro atoms. The van der Waals surface area contributed by atoms with E-state index < -0.39 is 0 Å². The van der Waals surface area contributed by atoms with Crippen molar-refractivity contribution in [2.45, 2.75) is 38.1 Å². The second-order valence-corrected chi connectivity index (χ2v) is 7.91. The van der Waals surface area contributed by atoms with Crippen molar-refractivity contribution in [1.82, 2.24) is 14.9 Å². The van der Waals surface area contributed by atoms with Crippen molar-refractivity contribution in [3.05, 3.63) is 48.9 Å². The molecular weight excluding hydrogens is 334 g/mol. The van der Waals surface area contributed by atoms with E-state index in [0.717, 1.165) is 24.8 Å². The maximum atomic E-state index is 4.33. The largest absolute Gasteiger partial charge is 0.369 e. The number of benzene rings is 1. The highest BCUT2D eigenvalue weighted by Crippen LogP contribution is 2.28. The first kappa shape index (κ1) is 18.2. The summed E-state index contributed by atoms with van der Waals surface area (Å²) in [7, 11) is 0. The lowest BCUT2D eigenvalue weighted by atomic mass is 9.84. The number of anilines is 2. The van der Waals surface area contributed by atoms with Gasteiger partial charge in [0.15, 0.2) is 0 Å². The normalized spacial score (nSPS) is 23.9. The molecule has 0 bridgehead atoms. The Morgan fingerprint density at radius 1 is 0.926 bits per heavy atom. The second kappa shape index (κ2) is 9.18. The van der Waals surface area contributed by atoms with Crippen molar-refractivity contribution in [2.75, 3.05) is 42.9 Å². The van der Waals surface area contributed by atoms with Crippen LogP contribution in [0.5, 0.6) is 0 Å². The van der Waals surface area contributed by atoms with Gasteiger partial charge in [0.25, 0.3) is 0 Å². The molecule has 2 fully saturated rings. The minimum Gasteiger partial charge on any atom is -0.369 e. The molecule has 5 heteroatoms. The van der Waals surface area contributed by atoms with Crippen LogP contribution in [0.25, 0.3) is 0 Å². The lowest BCUT2D eigenvalue weighted by molar-refractivity contribution is 0.218. The van der Waals surface area contributed by atoms with E-state index in [1.165, 1.54) is 57.4 Å². The number of para-hydroxylation sites is 1. The fourth-order valence-corrected chi connectivity index (χ4v) is 4.41. The van der Waals surface area contributed by atoms with E-state index in [2.05, 4.69) is 55.4 Å². The van der Waals surface area contributed by atoms with Gasteiger partial charge in [-0.3, -0.25) is 9.88 Å². The topological polar surface area (TPSA) is 44.3 Å². The first-order valence-corrected chi connectivity index (χ1v) is 10.4. The Morgan fingerprint density at radius 2 is 1.70 bits per heavy atom. The van der Waals surface area contributed by atoms with Crippen molar-refractivity contribution in [3.8, 4) is 0 Å². The van der Waals surface area contributed by atoms with Gasteiger partial charge in [-0.05, 0) is 56.7 Å². The van der Waals surface area contributed by atoms with Crippen LogP contribution in [0.2, 0.25) is 0 Å². The molecule has 1 N–H and O–H groups in total. The third-order valence-corrected chi connectivity index (χ3v) is 6.11. The Bertz CT molecular complexity index is 662. The average molecular weight is 366 g/mol. The summed E-state index contributed by atoms with van der Waals surface area (Å²) in [6, 6.07) is 11.4. The molecule has 0 radical (unpaired) electrons. The summed E-state index contributed by atoms with van der Waals surface area (Å²) in [6.07, 6.45) is 11.8. The summed E-state index contributed by atoms with van der Waals surface area (Å²) < 4.78 is 0. The molecule has 0 atom stereocenters. The molecule has 2 heterocycles. The average Bonchev–Trinajstić information content (AvgIpc) is 2.75. The first-order valence-electron chi connectivity index (χ1n) is 10.4. The van der Waals surface area contributed by atoms with Gasteiger partial charge < -0.3 is 10.2 Å². The van der Waals surface area contributed by atoms with Crippen molar-refractivity contribution in [3.63, 3.8) is 0 Å². The molecule has 1 aromatic carbocycles. The summed E-state index contributed by atoms with van der Waals surface area (Å²) in [5, 5.41) is 3.54. The van der Waals surface area contributed by atoms with Crippen LogP contribution >= 0.6 is 0 Å². The Balaban J connectivity index is 1.14. The molecule has 144 valence electrons. The number of hydrogen-bond acceptors (Lipinski definition) is 5. The zero-order chi connectivity index (χ0) is 18.3. The van der Waals surface area contributed by atoms with Crippen LogP contribution in [0.4, 0.5) is 11.5 Å². The number of nitrogens with one attached hydrogen (secondary N) is 1. The molecule has 2 aromatic rings. The van der Waals surface area contributed by atoms with Gasteiger partial charge in [0.05, 0.1) is 6.20 Å².